The Hall–Kier alpha value is -2.76. The minimum absolute atomic E-state index is 0.607. The molecule has 2 heterocycles. The van der Waals surface area contributed by atoms with Crippen LogP contribution in [0.3, 0.4) is 0 Å². The molecule has 0 spiro atoms. The first-order valence-corrected chi connectivity index (χ1v) is 8.36. The molecule has 6 heteroatoms. The van der Waals surface area contributed by atoms with Crippen LogP contribution in [0.1, 0.15) is 35.6 Å². The zero-order chi connectivity index (χ0) is 16.4. The molecule has 0 fully saturated rings. The largest absolute Gasteiger partial charge is 0.364 e. The summed E-state index contributed by atoms with van der Waals surface area (Å²) >= 11 is 0. The lowest BCUT2D eigenvalue weighted by atomic mass is 9.96. The van der Waals surface area contributed by atoms with E-state index in [4.69, 9.17) is 0 Å². The van der Waals surface area contributed by atoms with Crippen LogP contribution < -0.4 is 5.32 Å². The Bertz CT molecular complexity index is 840. The number of rotatable bonds is 4. The van der Waals surface area contributed by atoms with Gasteiger partial charge in [-0.3, -0.25) is 0 Å². The van der Waals surface area contributed by atoms with E-state index in [0.717, 1.165) is 35.9 Å². The summed E-state index contributed by atoms with van der Waals surface area (Å²) in [4.78, 5) is 9.18. The average Bonchev–Trinajstić information content (AvgIpc) is 3.09. The molecule has 2 aromatic heterocycles. The van der Waals surface area contributed by atoms with Gasteiger partial charge < -0.3 is 5.32 Å². The van der Waals surface area contributed by atoms with Gasteiger partial charge in [0.05, 0.1) is 18.4 Å². The molecule has 0 atom stereocenters. The van der Waals surface area contributed by atoms with Crippen molar-refractivity contribution in [3.8, 4) is 5.69 Å². The number of aryl methyl sites for hydroxylation is 2. The van der Waals surface area contributed by atoms with Gasteiger partial charge in [0, 0.05) is 11.3 Å². The molecule has 24 heavy (non-hydrogen) atoms. The lowest BCUT2D eigenvalue weighted by Gasteiger charge is -2.18. The summed E-state index contributed by atoms with van der Waals surface area (Å²) in [5.74, 6) is 1.78. The molecule has 122 valence electrons. The first-order chi connectivity index (χ1) is 11.8. The molecule has 6 nitrogen and oxygen atoms in total. The zero-order valence-corrected chi connectivity index (χ0v) is 13.7. The Morgan fingerprint density at radius 3 is 2.79 bits per heavy atom. The topological polar surface area (TPSA) is 68.5 Å². The Morgan fingerprint density at radius 1 is 1.08 bits per heavy atom. The van der Waals surface area contributed by atoms with Gasteiger partial charge in [0.1, 0.15) is 17.3 Å². The number of hydrogen-bond donors (Lipinski definition) is 1. The van der Waals surface area contributed by atoms with E-state index in [1.54, 1.807) is 4.68 Å². The third-order valence-corrected chi connectivity index (χ3v) is 4.29. The fourth-order valence-corrected chi connectivity index (χ4v) is 3.12. The number of nitrogens with zero attached hydrogens (tertiary/aromatic N) is 5. The highest BCUT2D eigenvalue weighted by molar-refractivity contribution is 5.48. The van der Waals surface area contributed by atoms with E-state index in [0.29, 0.717) is 6.54 Å². The second-order valence-corrected chi connectivity index (χ2v) is 6.10. The van der Waals surface area contributed by atoms with Crippen molar-refractivity contribution in [3.63, 3.8) is 0 Å². The standard InChI is InChI=1S/C18H20N6/c1-13-20-17-10-6-5-9-16(17)18(21-13)19-11-14-12-24(23-22-14)15-7-3-2-4-8-15/h2-4,7-8,12H,5-6,9-11H2,1H3,(H,19,20,21). The molecule has 0 radical (unpaired) electrons. The summed E-state index contributed by atoms with van der Waals surface area (Å²) in [7, 11) is 0. The maximum Gasteiger partial charge on any atom is 0.133 e. The molecule has 0 saturated heterocycles. The number of aromatic nitrogens is 5. The first-order valence-electron chi connectivity index (χ1n) is 8.36. The van der Waals surface area contributed by atoms with Crippen LogP contribution in [0, 0.1) is 6.92 Å². The molecule has 4 rings (SSSR count). The van der Waals surface area contributed by atoms with E-state index in [9.17, 15) is 0 Å². The minimum Gasteiger partial charge on any atom is -0.364 e. The van der Waals surface area contributed by atoms with Gasteiger partial charge in [-0.15, -0.1) is 5.10 Å². The quantitative estimate of drug-likeness (QED) is 0.800. The number of benzene rings is 1. The molecular formula is C18H20N6. The van der Waals surface area contributed by atoms with Crippen LogP contribution in [0.15, 0.2) is 36.5 Å². The second-order valence-electron chi connectivity index (χ2n) is 6.10. The highest BCUT2D eigenvalue weighted by atomic mass is 15.4. The number of para-hydroxylation sites is 1. The van der Waals surface area contributed by atoms with Crippen LogP contribution in [-0.4, -0.2) is 25.0 Å². The highest BCUT2D eigenvalue weighted by Crippen LogP contribution is 2.25. The van der Waals surface area contributed by atoms with Crippen LogP contribution in [-0.2, 0) is 19.4 Å². The van der Waals surface area contributed by atoms with Crippen LogP contribution in [0.25, 0.3) is 5.69 Å². The predicted molar refractivity (Wildman–Crippen MR) is 92.1 cm³/mol. The molecule has 1 N–H and O–H groups in total. The van der Waals surface area contributed by atoms with Gasteiger partial charge in [-0.25, -0.2) is 14.6 Å². The van der Waals surface area contributed by atoms with Crippen molar-refractivity contribution in [1.29, 1.82) is 0 Å². The Kier molecular flexibility index (Phi) is 3.94. The summed E-state index contributed by atoms with van der Waals surface area (Å²) in [6, 6.07) is 9.99. The van der Waals surface area contributed by atoms with Gasteiger partial charge in [0.25, 0.3) is 0 Å². The number of nitrogens with one attached hydrogen (secondary N) is 1. The second kappa shape index (κ2) is 6.39. The number of hydrogen-bond acceptors (Lipinski definition) is 5. The van der Waals surface area contributed by atoms with Crippen LogP contribution in [0.2, 0.25) is 0 Å². The number of anilines is 1. The zero-order valence-electron chi connectivity index (χ0n) is 13.7. The van der Waals surface area contributed by atoms with E-state index < -0.39 is 0 Å². The molecule has 0 bridgehead atoms. The molecule has 0 aliphatic heterocycles. The van der Waals surface area contributed by atoms with Crippen molar-refractivity contribution in [1.82, 2.24) is 25.0 Å². The predicted octanol–water partition coefficient (Wildman–Crippen LogP) is 2.86. The van der Waals surface area contributed by atoms with Gasteiger partial charge >= 0.3 is 0 Å². The highest BCUT2D eigenvalue weighted by Gasteiger charge is 2.16. The maximum atomic E-state index is 4.59. The average molecular weight is 320 g/mol. The van der Waals surface area contributed by atoms with E-state index in [1.165, 1.54) is 24.1 Å². The first kappa shape index (κ1) is 14.8. The SMILES string of the molecule is Cc1nc2c(c(NCc3cn(-c4ccccc4)nn3)n1)CCCC2. The smallest absolute Gasteiger partial charge is 0.133 e. The van der Waals surface area contributed by atoms with Crippen molar-refractivity contribution in [2.24, 2.45) is 0 Å². The Labute approximate surface area is 141 Å². The molecule has 1 aromatic carbocycles. The van der Waals surface area contributed by atoms with E-state index in [-0.39, 0.29) is 0 Å². The summed E-state index contributed by atoms with van der Waals surface area (Å²) < 4.78 is 1.79. The fourth-order valence-electron chi connectivity index (χ4n) is 3.12. The van der Waals surface area contributed by atoms with Crippen LogP contribution >= 0.6 is 0 Å². The monoisotopic (exact) mass is 320 g/mol. The molecule has 0 amide bonds. The lowest BCUT2D eigenvalue weighted by Crippen LogP contribution is -2.13. The summed E-state index contributed by atoms with van der Waals surface area (Å²) in [5, 5.41) is 11.9. The fraction of sp³-hybridized carbons (Fsp3) is 0.333. The lowest BCUT2D eigenvalue weighted by molar-refractivity contribution is 0.659. The van der Waals surface area contributed by atoms with Gasteiger partial charge in [0.2, 0.25) is 0 Å². The van der Waals surface area contributed by atoms with Crippen molar-refractivity contribution in [2.45, 2.75) is 39.2 Å². The van der Waals surface area contributed by atoms with Crippen molar-refractivity contribution < 1.29 is 0 Å². The van der Waals surface area contributed by atoms with Gasteiger partial charge in [-0.1, -0.05) is 23.4 Å². The third kappa shape index (κ3) is 2.99. The number of fused-ring (bicyclic) bond motifs is 1. The maximum absolute atomic E-state index is 4.59. The Balaban J connectivity index is 1.52. The Morgan fingerprint density at radius 2 is 1.92 bits per heavy atom. The molecule has 1 aliphatic rings. The van der Waals surface area contributed by atoms with E-state index >= 15 is 0 Å². The molecule has 1 aliphatic carbocycles. The van der Waals surface area contributed by atoms with E-state index in [1.807, 2.05) is 43.5 Å². The van der Waals surface area contributed by atoms with Gasteiger partial charge in [0.15, 0.2) is 0 Å². The summed E-state index contributed by atoms with van der Waals surface area (Å²) in [6.45, 7) is 2.56. The molecule has 0 unspecified atom stereocenters. The summed E-state index contributed by atoms with van der Waals surface area (Å²) in [5.41, 5.74) is 4.36. The third-order valence-electron chi connectivity index (χ3n) is 4.29. The van der Waals surface area contributed by atoms with Crippen molar-refractivity contribution in [2.75, 3.05) is 5.32 Å². The van der Waals surface area contributed by atoms with Crippen LogP contribution in [0.5, 0.6) is 0 Å². The normalized spacial score (nSPS) is 13.5. The van der Waals surface area contributed by atoms with Crippen molar-refractivity contribution >= 4 is 5.82 Å². The minimum atomic E-state index is 0.607. The molecule has 0 saturated carbocycles. The van der Waals surface area contributed by atoms with Gasteiger partial charge in [-0.2, -0.15) is 0 Å². The van der Waals surface area contributed by atoms with E-state index in [2.05, 4.69) is 25.6 Å². The molecular weight excluding hydrogens is 300 g/mol. The van der Waals surface area contributed by atoms with Crippen LogP contribution in [0.4, 0.5) is 5.82 Å². The summed E-state index contributed by atoms with van der Waals surface area (Å²) in [6.07, 6.45) is 6.47. The van der Waals surface area contributed by atoms with Crippen molar-refractivity contribution in [3.05, 3.63) is 59.3 Å². The van der Waals surface area contributed by atoms with Gasteiger partial charge in [-0.05, 0) is 44.7 Å². The molecule has 3 aromatic rings.